The molecular formula is C25H40O4. The Labute approximate surface area is 177 Å². The van der Waals surface area contributed by atoms with Gasteiger partial charge in [0, 0.05) is 6.42 Å². The lowest BCUT2D eigenvalue weighted by Crippen LogP contribution is -1.99. The maximum Gasteiger partial charge on any atom is 0.303 e. The summed E-state index contributed by atoms with van der Waals surface area (Å²) in [7, 11) is 0. The van der Waals surface area contributed by atoms with Crippen LogP contribution in [0.3, 0.4) is 0 Å². The van der Waals surface area contributed by atoms with E-state index in [1.807, 2.05) is 81.4 Å². The first-order chi connectivity index (χ1) is 13.8. The molecule has 0 aliphatic rings. The van der Waals surface area contributed by atoms with Crippen LogP contribution in [0.2, 0.25) is 0 Å². The smallest absolute Gasteiger partial charge is 0.303 e. The SMILES string of the molecule is CC.CC.CC.Cc1cc(Oc2c(C)cc(CCC(=O)O)cc2C)cc(C)c1O. The third-order valence-electron chi connectivity index (χ3n) is 3.83. The summed E-state index contributed by atoms with van der Waals surface area (Å²) < 4.78 is 6.01. The van der Waals surface area contributed by atoms with Crippen molar-refractivity contribution in [3.63, 3.8) is 0 Å². The predicted molar refractivity (Wildman–Crippen MR) is 124 cm³/mol. The zero-order valence-corrected chi connectivity index (χ0v) is 19.9. The van der Waals surface area contributed by atoms with Gasteiger partial charge in [-0.1, -0.05) is 53.7 Å². The highest BCUT2D eigenvalue weighted by Crippen LogP contribution is 2.33. The van der Waals surface area contributed by atoms with Crippen molar-refractivity contribution in [2.24, 2.45) is 0 Å². The highest BCUT2D eigenvalue weighted by molar-refractivity contribution is 5.67. The Hall–Kier alpha value is -2.49. The van der Waals surface area contributed by atoms with Gasteiger partial charge in [-0.2, -0.15) is 0 Å². The quantitative estimate of drug-likeness (QED) is 0.541. The second-order valence-corrected chi connectivity index (χ2v) is 5.96. The van der Waals surface area contributed by atoms with Gasteiger partial charge in [-0.05, 0) is 74.1 Å². The lowest BCUT2D eigenvalue weighted by atomic mass is 10.0. The molecule has 2 N–H and O–H groups in total. The molecule has 0 bridgehead atoms. The van der Waals surface area contributed by atoms with E-state index < -0.39 is 5.97 Å². The molecule has 0 fully saturated rings. The molecule has 2 aromatic carbocycles. The fourth-order valence-electron chi connectivity index (χ4n) is 2.69. The van der Waals surface area contributed by atoms with Gasteiger partial charge >= 0.3 is 5.97 Å². The minimum absolute atomic E-state index is 0.120. The number of aryl methyl sites for hydroxylation is 5. The van der Waals surface area contributed by atoms with Crippen LogP contribution in [0.5, 0.6) is 17.2 Å². The summed E-state index contributed by atoms with van der Waals surface area (Å²) in [4.78, 5) is 10.7. The van der Waals surface area contributed by atoms with Gasteiger partial charge in [0.2, 0.25) is 0 Å². The minimum atomic E-state index is -0.796. The average molecular weight is 405 g/mol. The number of hydrogen-bond donors (Lipinski definition) is 2. The molecule has 0 saturated heterocycles. The molecule has 2 rings (SSSR count). The molecule has 0 heterocycles. The number of phenols is 1. The van der Waals surface area contributed by atoms with Crippen LogP contribution in [-0.4, -0.2) is 16.2 Å². The van der Waals surface area contributed by atoms with Crippen molar-refractivity contribution in [3.05, 3.63) is 52.1 Å². The molecule has 0 aliphatic carbocycles. The van der Waals surface area contributed by atoms with E-state index in [0.29, 0.717) is 12.2 Å². The van der Waals surface area contributed by atoms with Gasteiger partial charge in [0.15, 0.2) is 0 Å². The van der Waals surface area contributed by atoms with Crippen LogP contribution < -0.4 is 4.74 Å². The lowest BCUT2D eigenvalue weighted by molar-refractivity contribution is -0.136. The first-order valence-electron chi connectivity index (χ1n) is 10.6. The molecule has 0 amide bonds. The van der Waals surface area contributed by atoms with E-state index in [-0.39, 0.29) is 12.2 Å². The van der Waals surface area contributed by atoms with Crippen LogP contribution in [-0.2, 0) is 11.2 Å². The van der Waals surface area contributed by atoms with Gasteiger partial charge in [0.25, 0.3) is 0 Å². The van der Waals surface area contributed by atoms with Crippen molar-refractivity contribution in [2.75, 3.05) is 0 Å². The minimum Gasteiger partial charge on any atom is -0.507 e. The first-order valence-corrected chi connectivity index (χ1v) is 10.6. The van der Waals surface area contributed by atoms with E-state index >= 15 is 0 Å². The van der Waals surface area contributed by atoms with E-state index in [2.05, 4.69) is 0 Å². The standard InChI is InChI=1S/C19H22O4.3C2H6/c1-11-9-16(10-12(2)18(11)22)23-19-13(3)7-15(8-14(19)4)5-6-17(20)21;3*1-2/h7-10,22H,5-6H2,1-4H3,(H,20,21);3*1-2H3. The number of aromatic hydroxyl groups is 1. The second kappa shape index (κ2) is 15.4. The molecule has 0 radical (unpaired) electrons. The fourth-order valence-corrected chi connectivity index (χ4v) is 2.69. The molecule has 4 nitrogen and oxygen atoms in total. The topological polar surface area (TPSA) is 66.8 Å². The summed E-state index contributed by atoms with van der Waals surface area (Å²) in [6.07, 6.45) is 0.629. The molecule has 0 atom stereocenters. The summed E-state index contributed by atoms with van der Waals surface area (Å²) in [5, 5.41) is 18.6. The van der Waals surface area contributed by atoms with Crippen LogP contribution >= 0.6 is 0 Å². The molecule has 0 aromatic heterocycles. The molecule has 0 aliphatic heterocycles. The van der Waals surface area contributed by atoms with E-state index in [1.54, 1.807) is 12.1 Å². The molecule has 0 spiro atoms. The number of hydrogen-bond acceptors (Lipinski definition) is 3. The molecular weight excluding hydrogens is 364 g/mol. The Kier molecular flexibility index (Phi) is 15.3. The highest BCUT2D eigenvalue weighted by atomic mass is 16.5. The Morgan fingerprint density at radius 1 is 0.793 bits per heavy atom. The molecule has 29 heavy (non-hydrogen) atoms. The fraction of sp³-hybridized carbons (Fsp3) is 0.480. The van der Waals surface area contributed by atoms with Gasteiger partial charge in [0.05, 0.1) is 0 Å². The second-order valence-electron chi connectivity index (χ2n) is 5.96. The van der Waals surface area contributed by atoms with Crippen LogP contribution in [0.25, 0.3) is 0 Å². The van der Waals surface area contributed by atoms with E-state index in [9.17, 15) is 9.90 Å². The Morgan fingerprint density at radius 2 is 1.21 bits per heavy atom. The summed E-state index contributed by atoms with van der Waals surface area (Å²) in [6.45, 7) is 19.6. The number of aliphatic carboxylic acids is 1. The predicted octanol–water partition coefficient (Wildman–Crippen LogP) is 7.51. The van der Waals surface area contributed by atoms with Gasteiger partial charge in [-0.15, -0.1) is 0 Å². The maximum atomic E-state index is 10.7. The lowest BCUT2D eigenvalue weighted by Gasteiger charge is -2.15. The van der Waals surface area contributed by atoms with Crippen molar-refractivity contribution in [2.45, 2.75) is 82.1 Å². The van der Waals surface area contributed by atoms with Gasteiger partial charge in [0.1, 0.15) is 17.2 Å². The number of carbonyl (C=O) groups is 1. The first kappa shape index (κ1) is 28.7. The third kappa shape index (κ3) is 9.51. The van der Waals surface area contributed by atoms with Crippen molar-refractivity contribution in [1.82, 2.24) is 0 Å². The van der Waals surface area contributed by atoms with E-state index in [4.69, 9.17) is 9.84 Å². The number of carboxylic acid groups (broad SMARTS) is 1. The summed E-state index contributed by atoms with van der Waals surface area (Å²) in [5.41, 5.74) is 4.47. The number of rotatable bonds is 5. The Balaban J connectivity index is 0. The maximum absolute atomic E-state index is 10.7. The van der Waals surface area contributed by atoms with Crippen LogP contribution in [0.1, 0.15) is 75.8 Å². The number of carboxylic acids is 1. The van der Waals surface area contributed by atoms with Crippen molar-refractivity contribution >= 4 is 5.97 Å². The zero-order chi connectivity index (χ0) is 23.1. The summed E-state index contributed by atoms with van der Waals surface area (Å²) in [5.74, 6) is 0.946. The zero-order valence-electron chi connectivity index (χ0n) is 19.9. The average Bonchev–Trinajstić information content (AvgIpc) is 2.71. The van der Waals surface area contributed by atoms with Gasteiger partial charge in [-0.3, -0.25) is 4.79 Å². The van der Waals surface area contributed by atoms with E-state index in [0.717, 1.165) is 33.6 Å². The van der Waals surface area contributed by atoms with Crippen LogP contribution in [0.4, 0.5) is 0 Å². The van der Waals surface area contributed by atoms with Crippen molar-refractivity contribution in [1.29, 1.82) is 0 Å². The van der Waals surface area contributed by atoms with Crippen LogP contribution in [0, 0.1) is 27.7 Å². The van der Waals surface area contributed by atoms with Crippen molar-refractivity contribution in [3.8, 4) is 17.2 Å². The monoisotopic (exact) mass is 404 g/mol. The van der Waals surface area contributed by atoms with Gasteiger partial charge < -0.3 is 14.9 Å². The van der Waals surface area contributed by atoms with Crippen LogP contribution in [0.15, 0.2) is 24.3 Å². The Morgan fingerprint density at radius 3 is 1.59 bits per heavy atom. The van der Waals surface area contributed by atoms with E-state index in [1.165, 1.54) is 0 Å². The number of benzene rings is 2. The van der Waals surface area contributed by atoms with Gasteiger partial charge in [-0.25, -0.2) is 0 Å². The summed E-state index contributed by atoms with van der Waals surface area (Å²) in [6, 6.07) is 7.54. The number of phenolic OH excluding ortho intramolecular Hbond substituents is 1. The van der Waals surface area contributed by atoms with Crippen molar-refractivity contribution < 1.29 is 19.7 Å². The molecule has 4 heteroatoms. The number of ether oxygens (including phenoxy) is 1. The molecule has 164 valence electrons. The largest absolute Gasteiger partial charge is 0.507 e. The molecule has 2 aromatic rings. The highest BCUT2D eigenvalue weighted by Gasteiger charge is 2.11. The third-order valence-corrected chi connectivity index (χ3v) is 3.83. The molecule has 0 unspecified atom stereocenters. The normalized spacial score (nSPS) is 9.03. The Bertz CT molecular complexity index is 702. The molecule has 0 saturated carbocycles. The summed E-state index contributed by atoms with van der Waals surface area (Å²) >= 11 is 0.